The van der Waals surface area contributed by atoms with Crippen LogP contribution < -0.4 is 10.6 Å². The van der Waals surface area contributed by atoms with E-state index in [0.29, 0.717) is 27.5 Å². The van der Waals surface area contributed by atoms with E-state index in [1.807, 2.05) is 18.2 Å². The summed E-state index contributed by atoms with van der Waals surface area (Å²) in [5.41, 5.74) is 2.20. The molecular formula is C22H17ClN6O2. The number of benzene rings is 3. The number of halogens is 1. The van der Waals surface area contributed by atoms with Crippen LogP contribution in [0.3, 0.4) is 0 Å². The van der Waals surface area contributed by atoms with Crippen molar-refractivity contribution in [3.63, 3.8) is 0 Å². The highest BCUT2D eigenvalue weighted by molar-refractivity contribution is 6.31. The molecule has 0 fully saturated rings. The topological polar surface area (TPSA) is 102 Å². The smallest absolute Gasteiger partial charge is 0.255 e. The van der Waals surface area contributed by atoms with Gasteiger partial charge < -0.3 is 10.6 Å². The van der Waals surface area contributed by atoms with Crippen molar-refractivity contribution < 1.29 is 9.59 Å². The van der Waals surface area contributed by atoms with E-state index in [4.69, 9.17) is 11.6 Å². The molecule has 4 rings (SSSR count). The van der Waals surface area contributed by atoms with Crippen molar-refractivity contribution in [3.8, 4) is 11.4 Å². The van der Waals surface area contributed by atoms with Gasteiger partial charge >= 0.3 is 0 Å². The van der Waals surface area contributed by atoms with Gasteiger partial charge in [-0.15, -0.1) is 10.2 Å². The fourth-order valence-corrected chi connectivity index (χ4v) is 3.07. The molecule has 2 amide bonds. The predicted molar refractivity (Wildman–Crippen MR) is 118 cm³/mol. The average Bonchev–Trinajstić information content (AvgIpc) is 3.23. The summed E-state index contributed by atoms with van der Waals surface area (Å²) < 4.78 is 0. The van der Waals surface area contributed by atoms with E-state index in [2.05, 4.69) is 26.0 Å². The highest BCUT2D eigenvalue weighted by Gasteiger charge is 2.15. The van der Waals surface area contributed by atoms with Gasteiger partial charge in [-0.25, -0.2) is 0 Å². The Bertz CT molecular complexity index is 1230. The number of carbonyl (C=O) groups excluding carboxylic acids is 2. The lowest BCUT2D eigenvalue weighted by Crippen LogP contribution is -2.20. The normalized spacial score (nSPS) is 10.5. The lowest BCUT2D eigenvalue weighted by Gasteiger charge is -2.09. The Kier molecular flexibility index (Phi) is 6.00. The van der Waals surface area contributed by atoms with E-state index < -0.39 is 0 Å². The second kappa shape index (κ2) is 9.19. The second-order valence-corrected chi connectivity index (χ2v) is 7.00. The van der Waals surface area contributed by atoms with Crippen LogP contribution in [0.15, 0.2) is 78.9 Å². The maximum absolute atomic E-state index is 12.6. The number of para-hydroxylation sites is 2. The lowest BCUT2D eigenvalue weighted by molar-refractivity contribution is -0.117. The van der Waals surface area contributed by atoms with Crippen molar-refractivity contribution in [2.24, 2.45) is 0 Å². The monoisotopic (exact) mass is 432 g/mol. The number of nitrogens with one attached hydrogen (secondary N) is 2. The van der Waals surface area contributed by atoms with E-state index in [0.717, 1.165) is 0 Å². The largest absolute Gasteiger partial charge is 0.324 e. The van der Waals surface area contributed by atoms with Crippen LogP contribution in [0, 0.1) is 0 Å². The number of amides is 2. The minimum atomic E-state index is -0.315. The highest BCUT2D eigenvalue weighted by atomic mass is 35.5. The number of aromatic nitrogens is 4. The van der Waals surface area contributed by atoms with Gasteiger partial charge in [0.05, 0.1) is 5.69 Å². The summed E-state index contributed by atoms with van der Waals surface area (Å²) in [6, 6.07) is 22.8. The van der Waals surface area contributed by atoms with Gasteiger partial charge in [-0.05, 0) is 47.7 Å². The molecular weight excluding hydrogens is 416 g/mol. The molecule has 3 aromatic carbocycles. The predicted octanol–water partition coefficient (Wildman–Crippen LogP) is 3.88. The van der Waals surface area contributed by atoms with Crippen molar-refractivity contribution in [1.82, 2.24) is 20.2 Å². The highest BCUT2D eigenvalue weighted by Crippen LogP contribution is 2.25. The molecule has 0 spiro atoms. The summed E-state index contributed by atoms with van der Waals surface area (Å²) in [4.78, 5) is 26.0. The van der Waals surface area contributed by atoms with Crippen molar-refractivity contribution in [2.45, 2.75) is 6.54 Å². The van der Waals surface area contributed by atoms with Crippen molar-refractivity contribution in [3.05, 3.63) is 89.4 Å². The molecule has 0 saturated heterocycles. The number of tetrazole rings is 1. The fourth-order valence-electron chi connectivity index (χ4n) is 2.88. The van der Waals surface area contributed by atoms with Gasteiger partial charge in [0.25, 0.3) is 5.91 Å². The van der Waals surface area contributed by atoms with Crippen LogP contribution in [0.4, 0.5) is 11.4 Å². The zero-order chi connectivity index (χ0) is 21.6. The molecule has 8 nitrogen and oxygen atoms in total. The van der Waals surface area contributed by atoms with E-state index >= 15 is 0 Å². The van der Waals surface area contributed by atoms with Gasteiger partial charge in [-0.1, -0.05) is 48.0 Å². The van der Waals surface area contributed by atoms with Crippen LogP contribution >= 0.6 is 11.6 Å². The second-order valence-electron chi connectivity index (χ2n) is 6.57. The van der Waals surface area contributed by atoms with Gasteiger partial charge in [-0.2, -0.15) is 4.80 Å². The average molecular weight is 433 g/mol. The molecule has 154 valence electrons. The summed E-state index contributed by atoms with van der Waals surface area (Å²) in [6.45, 7) is -0.0983. The number of anilines is 2. The molecule has 0 saturated carbocycles. The van der Waals surface area contributed by atoms with E-state index in [1.165, 1.54) is 4.80 Å². The minimum absolute atomic E-state index is 0.0983. The summed E-state index contributed by atoms with van der Waals surface area (Å²) in [6.07, 6.45) is 0. The first-order chi connectivity index (χ1) is 15.1. The molecule has 0 radical (unpaired) electrons. The Morgan fingerprint density at radius 1 is 0.903 bits per heavy atom. The maximum Gasteiger partial charge on any atom is 0.255 e. The van der Waals surface area contributed by atoms with Crippen LogP contribution in [-0.4, -0.2) is 32.0 Å². The standard InChI is InChI=1S/C22H17ClN6O2/c23-16-8-6-7-15(13-16)22(31)25-19-12-5-4-11-18(19)21-26-28-29(27-21)14-20(30)24-17-9-2-1-3-10-17/h1-13H,14H2,(H,24,30)(H,25,31). The van der Waals surface area contributed by atoms with E-state index in [9.17, 15) is 9.59 Å². The molecule has 0 unspecified atom stereocenters. The quantitative estimate of drug-likeness (QED) is 0.481. The Morgan fingerprint density at radius 2 is 1.68 bits per heavy atom. The Balaban J connectivity index is 1.49. The Morgan fingerprint density at radius 3 is 2.48 bits per heavy atom. The van der Waals surface area contributed by atoms with Gasteiger partial charge in [-0.3, -0.25) is 9.59 Å². The maximum atomic E-state index is 12.6. The fraction of sp³-hybridized carbons (Fsp3) is 0.0455. The molecule has 4 aromatic rings. The zero-order valence-corrected chi connectivity index (χ0v) is 17.0. The van der Waals surface area contributed by atoms with E-state index in [1.54, 1.807) is 60.7 Å². The van der Waals surface area contributed by atoms with Crippen molar-refractivity contribution in [1.29, 1.82) is 0 Å². The molecule has 0 atom stereocenters. The number of hydrogen-bond acceptors (Lipinski definition) is 5. The third kappa shape index (κ3) is 5.12. The third-order valence-corrected chi connectivity index (χ3v) is 4.53. The number of hydrogen-bond donors (Lipinski definition) is 2. The minimum Gasteiger partial charge on any atom is -0.324 e. The van der Waals surface area contributed by atoms with Crippen LogP contribution in [0.2, 0.25) is 5.02 Å². The third-order valence-electron chi connectivity index (χ3n) is 4.30. The molecule has 0 bridgehead atoms. The lowest BCUT2D eigenvalue weighted by atomic mass is 10.1. The summed E-state index contributed by atoms with van der Waals surface area (Å²) in [7, 11) is 0. The molecule has 0 aliphatic heterocycles. The zero-order valence-electron chi connectivity index (χ0n) is 16.2. The van der Waals surface area contributed by atoms with Crippen LogP contribution in [0.25, 0.3) is 11.4 Å². The molecule has 0 aliphatic carbocycles. The summed E-state index contributed by atoms with van der Waals surface area (Å²) in [5.74, 6) is -0.309. The number of nitrogens with zero attached hydrogens (tertiary/aromatic N) is 4. The number of carbonyl (C=O) groups is 2. The first-order valence-corrected chi connectivity index (χ1v) is 9.75. The van der Waals surface area contributed by atoms with Crippen molar-refractivity contribution in [2.75, 3.05) is 10.6 Å². The van der Waals surface area contributed by atoms with Crippen molar-refractivity contribution >= 4 is 34.8 Å². The van der Waals surface area contributed by atoms with Crippen LogP contribution in [0.1, 0.15) is 10.4 Å². The molecule has 1 heterocycles. The molecule has 31 heavy (non-hydrogen) atoms. The van der Waals surface area contributed by atoms with Gasteiger partial charge in [0, 0.05) is 21.8 Å². The van der Waals surface area contributed by atoms with Gasteiger partial charge in [0.15, 0.2) is 0 Å². The van der Waals surface area contributed by atoms with Gasteiger partial charge in [0.1, 0.15) is 6.54 Å². The summed E-state index contributed by atoms with van der Waals surface area (Å²) >= 11 is 5.97. The van der Waals surface area contributed by atoms with Gasteiger partial charge in [0.2, 0.25) is 11.7 Å². The first-order valence-electron chi connectivity index (χ1n) is 9.37. The Hall–Kier alpha value is -4.04. The molecule has 0 aliphatic rings. The Labute approximate surface area is 182 Å². The van der Waals surface area contributed by atoms with Crippen LogP contribution in [-0.2, 0) is 11.3 Å². The van der Waals surface area contributed by atoms with Crippen LogP contribution in [0.5, 0.6) is 0 Å². The first kappa shape index (κ1) is 20.2. The molecule has 9 heteroatoms. The van der Waals surface area contributed by atoms with E-state index in [-0.39, 0.29) is 24.2 Å². The molecule has 1 aromatic heterocycles. The summed E-state index contributed by atoms with van der Waals surface area (Å²) in [5, 5.41) is 18.3. The molecule has 2 N–H and O–H groups in total. The number of rotatable bonds is 6. The SMILES string of the molecule is O=C(Cn1nnc(-c2ccccc2NC(=O)c2cccc(Cl)c2)n1)Nc1ccccc1.